The van der Waals surface area contributed by atoms with Crippen molar-refractivity contribution >= 4 is 23.6 Å². The van der Waals surface area contributed by atoms with E-state index in [9.17, 15) is 24.5 Å². The number of aromatic amines is 2. The predicted molar refractivity (Wildman–Crippen MR) is 87.4 cm³/mol. The molecule has 0 unspecified atom stereocenters. The first kappa shape index (κ1) is 17.5. The average Bonchev–Trinajstić information content (AvgIpc) is 2.57. The van der Waals surface area contributed by atoms with E-state index in [1.54, 1.807) is 0 Å². The smallest absolute Gasteiger partial charge is 0.342 e. The predicted octanol–water partition coefficient (Wildman–Crippen LogP) is -0.681. The fourth-order valence-corrected chi connectivity index (χ4v) is 1.68. The SMILES string of the molecule is O=C(CCNc1n[nH]c(=O)[nH]c1=O)N/N=C/c1ccc([N+](=O)[O-])cc1. The van der Waals surface area contributed by atoms with Gasteiger partial charge in [0.25, 0.3) is 11.2 Å². The summed E-state index contributed by atoms with van der Waals surface area (Å²) in [7, 11) is 0. The molecule has 2 aromatic rings. The van der Waals surface area contributed by atoms with Gasteiger partial charge in [-0.2, -0.15) is 5.10 Å². The van der Waals surface area contributed by atoms with Crippen LogP contribution in [0.3, 0.4) is 0 Å². The zero-order valence-electron chi connectivity index (χ0n) is 12.7. The number of nitrogens with one attached hydrogen (secondary N) is 4. The van der Waals surface area contributed by atoms with Gasteiger partial charge in [0.15, 0.2) is 0 Å². The Balaban J connectivity index is 1.77. The Bertz CT molecular complexity index is 900. The number of rotatable bonds is 7. The van der Waals surface area contributed by atoms with Crippen LogP contribution in [0.5, 0.6) is 0 Å². The molecule has 1 aromatic heterocycles. The van der Waals surface area contributed by atoms with E-state index in [-0.39, 0.29) is 24.5 Å². The van der Waals surface area contributed by atoms with Crippen molar-refractivity contribution in [3.8, 4) is 0 Å². The van der Waals surface area contributed by atoms with Gasteiger partial charge in [0.2, 0.25) is 11.7 Å². The van der Waals surface area contributed by atoms with Crippen molar-refractivity contribution in [1.82, 2.24) is 20.6 Å². The Kier molecular flexibility index (Phi) is 5.71. The lowest BCUT2D eigenvalue weighted by Gasteiger charge is -2.02. The van der Waals surface area contributed by atoms with Gasteiger partial charge in [-0.05, 0) is 17.7 Å². The van der Waals surface area contributed by atoms with E-state index in [2.05, 4.69) is 26.0 Å². The summed E-state index contributed by atoms with van der Waals surface area (Å²) in [6, 6.07) is 5.62. The third kappa shape index (κ3) is 5.38. The topological polar surface area (TPSA) is 175 Å². The van der Waals surface area contributed by atoms with E-state index in [0.29, 0.717) is 5.56 Å². The maximum Gasteiger partial charge on any atom is 0.342 e. The Morgan fingerprint density at radius 1 is 1.32 bits per heavy atom. The van der Waals surface area contributed by atoms with Gasteiger partial charge in [0.05, 0.1) is 11.1 Å². The highest BCUT2D eigenvalue weighted by Crippen LogP contribution is 2.10. The summed E-state index contributed by atoms with van der Waals surface area (Å²) in [4.78, 5) is 45.7. The van der Waals surface area contributed by atoms with Crippen molar-refractivity contribution in [3.63, 3.8) is 0 Å². The summed E-state index contributed by atoms with van der Waals surface area (Å²) >= 11 is 0. The van der Waals surface area contributed by atoms with Crippen molar-refractivity contribution in [3.05, 3.63) is 60.8 Å². The highest BCUT2D eigenvalue weighted by molar-refractivity contribution is 5.82. The Morgan fingerprint density at radius 2 is 2.04 bits per heavy atom. The molecule has 0 aliphatic rings. The van der Waals surface area contributed by atoms with E-state index in [0.717, 1.165) is 0 Å². The van der Waals surface area contributed by atoms with Gasteiger partial charge in [-0.3, -0.25) is 24.7 Å². The molecular formula is C13H13N7O5. The van der Waals surface area contributed by atoms with Gasteiger partial charge < -0.3 is 5.32 Å². The molecule has 12 nitrogen and oxygen atoms in total. The number of carbonyl (C=O) groups is 1. The first-order valence-electron chi connectivity index (χ1n) is 6.95. The van der Waals surface area contributed by atoms with Gasteiger partial charge in [0, 0.05) is 25.1 Å². The van der Waals surface area contributed by atoms with Crippen molar-refractivity contribution in [2.24, 2.45) is 5.10 Å². The summed E-state index contributed by atoms with van der Waals surface area (Å²) in [6.07, 6.45) is 1.33. The molecule has 0 bridgehead atoms. The van der Waals surface area contributed by atoms with Crippen LogP contribution in [0.1, 0.15) is 12.0 Å². The fourth-order valence-electron chi connectivity index (χ4n) is 1.68. The van der Waals surface area contributed by atoms with Gasteiger partial charge in [-0.25, -0.2) is 15.3 Å². The molecule has 4 N–H and O–H groups in total. The van der Waals surface area contributed by atoms with Gasteiger partial charge >= 0.3 is 5.69 Å². The fraction of sp³-hybridized carbons (Fsp3) is 0.154. The average molecular weight is 347 g/mol. The molecule has 0 aliphatic carbocycles. The van der Waals surface area contributed by atoms with Crippen molar-refractivity contribution in [1.29, 1.82) is 0 Å². The van der Waals surface area contributed by atoms with Crippen LogP contribution >= 0.6 is 0 Å². The zero-order chi connectivity index (χ0) is 18.2. The lowest BCUT2D eigenvalue weighted by Crippen LogP contribution is -2.28. The number of hydrogen-bond acceptors (Lipinski definition) is 8. The number of carbonyl (C=O) groups excluding carboxylic acids is 1. The summed E-state index contributed by atoms with van der Waals surface area (Å²) < 4.78 is 0. The Hall–Kier alpha value is -3.83. The van der Waals surface area contributed by atoms with Crippen molar-refractivity contribution < 1.29 is 9.72 Å². The number of hydrogen-bond donors (Lipinski definition) is 4. The number of amides is 1. The Labute approximate surface area is 139 Å². The lowest BCUT2D eigenvalue weighted by molar-refractivity contribution is -0.384. The molecule has 130 valence electrons. The van der Waals surface area contributed by atoms with Crippen LogP contribution < -0.4 is 22.0 Å². The maximum absolute atomic E-state index is 11.6. The van der Waals surface area contributed by atoms with Crippen molar-refractivity contribution in [2.45, 2.75) is 6.42 Å². The summed E-state index contributed by atoms with van der Waals surface area (Å²) in [5, 5.41) is 22.4. The summed E-state index contributed by atoms with van der Waals surface area (Å²) in [5.41, 5.74) is 1.38. The number of nitro benzene ring substituents is 1. The van der Waals surface area contributed by atoms with Crippen LogP contribution in [-0.2, 0) is 4.79 Å². The minimum atomic E-state index is -0.728. The summed E-state index contributed by atoms with van der Waals surface area (Å²) in [5.74, 6) is -0.534. The molecule has 0 aliphatic heterocycles. The maximum atomic E-state index is 11.6. The molecule has 1 aromatic carbocycles. The van der Waals surface area contributed by atoms with Crippen LogP contribution in [0.25, 0.3) is 0 Å². The molecular weight excluding hydrogens is 334 g/mol. The normalized spacial score (nSPS) is 10.6. The van der Waals surface area contributed by atoms with E-state index in [1.807, 2.05) is 4.98 Å². The third-order valence-electron chi connectivity index (χ3n) is 2.86. The van der Waals surface area contributed by atoms with E-state index in [4.69, 9.17) is 0 Å². The molecule has 25 heavy (non-hydrogen) atoms. The number of hydrazone groups is 1. The lowest BCUT2D eigenvalue weighted by atomic mass is 10.2. The first-order chi connectivity index (χ1) is 12.0. The van der Waals surface area contributed by atoms with E-state index in [1.165, 1.54) is 30.5 Å². The van der Waals surface area contributed by atoms with Gasteiger partial charge in [-0.1, -0.05) is 0 Å². The minimum absolute atomic E-state index is 0.00214. The monoisotopic (exact) mass is 347 g/mol. The summed E-state index contributed by atoms with van der Waals surface area (Å²) in [6.45, 7) is 0.0982. The molecule has 1 amide bonds. The molecule has 0 atom stereocenters. The van der Waals surface area contributed by atoms with Crippen LogP contribution in [0.2, 0.25) is 0 Å². The molecule has 0 saturated heterocycles. The number of aromatic nitrogens is 3. The van der Waals surface area contributed by atoms with Crippen LogP contribution in [-0.4, -0.2) is 38.8 Å². The Morgan fingerprint density at radius 3 is 2.68 bits per heavy atom. The van der Waals surface area contributed by atoms with Crippen molar-refractivity contribution in [2.75, 3.05) is 11.9 Å². The molecule has 12 heteroatoms. The number of non-ortho nitro benzene ring substituents is 1. The molecule has 2 rings (SSSR count). The molecule has 1 heterocycles. The number of H-pyrrole nitrogens is 2. The second-order valence-corrected chi connectivity index (χ2v) is 4.67. The minimum Gasteiger partial charge on any atom is -0.364 e. The van der Waals surface area contributed by atoms with Crippen LogP contribution in [0, 0.1) is 10.1 Å². The number of anilines is 1. The molecule has 0 saturated carbocycles. The zero-order valence-corrected chi connectivity index (χ0v) is 12.7. The highest BCUT2D eigenvalue weighted by Gasteiger charge is 2.04. The molecule has 0 spiro atoms. The molecule has 0 fully saturated rings. The largest absolute Gasteiger partial charge is 0.364 e. The second-order valence-electron chi connectivity index (χ2n) is 4.67. The quantitative estimate of drug-likeness (QED) is 0.291. The highest BCUT2D eigenvalue weighted by atomic mass is 16.6. The van der Waals surface area contributed by atoms with E-state index >= 15 is 0 Å². The number of benzene rings is 1. The standard InChI is InChI=1S/C13H13N7O5/c21-10(5-6-14-11-12(22)16-13(23)19-18-11)17-15-7-8-1-3-9(4-2-8)20(24)25/h1-4,7H,5-6H2,(H,14,18)(H,17,21)(H2,16,19,22,23)/b15-7+. The number of nitro groups is 1. The van der Waals surface area contributed by atoms with Gasteiger partial charge in [-0.15, -0.1) is 5.10 Å². The molecule has 0 radical (unpaired) electrons. The third-order valence-corrected chi connectivity index (χ3v) is 2.86. The van der Waals surface area contributed by atoms with E-state index < -0.39 is 22.1 Å². The first-order valence-corrected chi connectivity index (χ1v) is 6.95. The van der Waals surface area contributed by atoms with Gasteiger partial charge in [0.1, 0.15) is 0 Å². The van der Waals surface area contributed by atoms with Crippen LogP contribution in [0.15, 0.2) is 39.0 Å². The second kappa shape index (κ2) is 8.14. The van der Waals surface area contributed by atoms with Crippen LogP contribution in [0.4, 0.5) is 11.5 Å². The number of nitrogens with zero attached hydrogens (tertiary/aromatic N) is 3.